The predicted octanol–water partition coefficient (Wildman–Crippen LogP) is -3.76. The molecule has 348 valence electrons. The smallest absolute Gasteiger partial charge is 0.0976 e. The van der Waals surface area contributed by atoms with Crippen molar-refractivity contribution in [2.24, 2.45) is 0 Å². The Morgan fingerprint density at radius 3 is 1.14 bits per heavy atom. The van der Waals surface area contributed by atoms with Gasteiger partial charge in [0.1, 0.15) is 0 Å². The molecule has 0 atom stereocenters. The summed E-state index contributed by atoms with van der Waals surface area (Å²) in [6.45, 7) is 43.0. The van der Waals surface area contributed by atoms with Gasteiger partial charge in [0.25, 0.3) is 0 Å². The second kappa shape index (κ2) is 21.1. The summed E-state index contributed by atoms with van der Waals surface area (Å²) >= 11 is 0. The van der Waals surface area contributed by atoms with E-state index < -0.39 is 0 Å². The molecule has 7 aromatic carbocycles. The highest BCUT2D eigenvalue weighted by molar-refractivity contribution is 7.85. The molecule has 0 saturated heterocycles. The Kier molecular flexibility index (Phi) is 16.7. The van der Waals surface area contributed by atoms with E-state index in [2.05, 4.69) is 217 Å². The number of aryl methyl sites for hydroxylation is 9. The quantitative estimate of drug-likeness (QED) is 0.0875. The third kappa shape index (κ3) is 8.67. The number of hydrogen-bond acceptors (Lipinski definition) is 0. The zero-order valence-electron chi connectivity index (χ0n) is 52.1. The lowest BCUT2D eigenvalue weighted by molar-refractivity contribution is 1.23. The Hall–Kier alpha value is -2.99. The second-order valence-corrected chi connectivity index (χ2v) is 25.6. The van der Waals surface area contributed by atoms with Crippen molar-refractivity contribution in [1.82, 2.24) is 0 Å². The van der Waals surface area contributed by atoms with E-state index in [-0.39, 0.29) is 0 Å². The van der Waals surface area contributed by atoms with Gasteiger partial charge in [-0.15, -0.1) is 10.9 Å². The molecule has 0 aliphatic heterocycles. The Morgan fingerprint density at radius 1 is 0.288 bits per heavy atom. The van der Waals surface area contributed by atoms with Crippen molar-refractivity contribution in [2.45, 2.75) is 118 Å². The molecule has 0 nitrogen and oxygen atoms in total. The topological polar surface area (TPSA) is 0 Å². The lowest BCUT2D eigenvalue weighted by Crippen LogP contribution is -2.74. The molecule has 0 unspecified atom stereocenters. The zero-order chi connectivity index (χ0) is 54.8. The van der Waals surface area contributed by atoms with E-state index in [0.717, 1.165) is 14.1 Å². The Labute approximate surface area is 461 Å². The molecule has 0 fully saturated rings. The first-order chi connectivity index (χ1) is 34.0. The van der Waals surface area contributed by atoms with Crippen LogP contribution in [0.2, 0.25) is 0 Å². The van der Waals surface area contributed by atoms with Crippen molar-refractivity contribution in [3.05, 3.63) is 101 Å². The molecule has 0 aliphatic carbocycles. The molecule has 0 saturated carbocycles. The molecular formula is C51H78B22. The Balaban J connectivity index is 1.91. The van der Waals surface area contributed by atoms with Gasteiger partial charge in [0.15, 0.2) is 0 Å². The molecule has 0 amide bonds. The molecule has 0 bridgehead atoms. The van der Waals surface area contributed by atoms with Crippen molar-refractivity contribution in [2.75, 3.05) is 0 Å². The van der Waals surface area contributed by atoms with Gasteiger partial charge in [-0.05, 0) is 278 Å². The fourth-order valence-corrected chi connectivity index (χ4v) is 15.2. The van der Waals surface area contributed by atoms with Crippen molar-refractivity contribution >= 4 is 223 Å². The minimum Gasteiger partial charge on any atom is -0.112 e. The van der Waals surface area contributed by atoms with E-state index in [4.69, 9.17) is 0 Å². The van der Waals surface area contributed by atoms with Crippen molar-refractivity contribution in [1.29, 1.82) is 0 Å². The van der Waals surface area contributed by atoms with Gasteiger partial charge in [0.2, 0.25) is 0 Å². The standard InChI is InChI=1S/C51H78B22/c1-19-20(2)27(9)42-36(24(19)6)18-37-43(28(10)23(5)29(11)44(37)46(42)40-31(13)30(12)38-25(7)21(3)22(4)26(8)39(38)34(40)16)45-33(15)32(14)41-35(17)48(69(72(60)61)73(62)63)51(68(65-53)71(58)59)50(67(55)70(56)57)47(41)49(45)66(54)64-52/h18,64-65H,52-63H2,1-17H3. The van der Waals surface area contributed by atoms with E-state index in [1.54, 1.807) is 38.2 Å². The number of benzene rings is 7. The van der Waals surface area contributed by atoms with Crippen molar-refractivity contribution in [3.63, 3.8) is 0 Å². The molecule has 0 spiro atoms. The maximum absolute atomic E-state index is 2.69. The summed E-state index contributed by atoms with van der Waals surface area (Å²) in [6, 6.07) is 2.69. The van der Waals surface area contributed by atoms with Gasteiger partial charge in [-0.1, -0.05) is 16.5 Å². The van der Waals surface area contributed by atoms with Crippen LogP contribution in [0.15, 0.2) is 6.07 Å². The first kappa shape index (κ1) is 57.7. The fourth-order valence-electron chi connectivity index (χ4n) is 15.2. The van der Waals surface area contributed by atoms with Gasteiger partial charge in [-0.3, -0.25) is 0 Å². The average Bonchev–Trinajstić information content (AvgIpc) is 3.33. The molecule has 0 aliphatic rings. The molecule has 7 aromatic rings. The van der Waals surface area contributed by atoms with Crippen LogP contribution in [-0.4, -0.2) is 158 Å². The molecule has 0 aromatic heterocycles. The average molecular weight is 929 g/mol. The fraction of sp³-hybridized carbons (Fsp3) is 0.333. The highest BCUT2D eigenvalue weighted by Crippen LogP contribution is 2.51. The van der Waals surface area contributed by atoms with E-state index >= 15 is 0 Å². The zero-order valence-corrected chi connectivity index (χ0v) is 52.1. The first-order valence-corrected chi connectivity index (χ1v) is 29.1. The van der Waals surface area contributed by atoms with Gasteiger partial charge in [0, 0.05) is 25.5 Å². The van der Waals surface area contributed by atoms with Crippen molar-refractivity contribution in [3.8, 4) is 22.3 Å². The van der Waals surface area contributed by atoms with Gasteiger partial charge >= 0.3 is 0 Å². The second-order valence-electron chi connectivity index (χ2n) is 25.6. The van der Waals surface area contributed by atoms with Crippen LogP contribution in [0, 0.1) is 118 Å². The summed E-state index contributed by atoms with van der Waals surface area (Å²) in [6.07, 6.45) is 2.08. The first-order valence-electron chi connectivity index (χ1n) is 29.1. The van der Waals surface area contributed by atoms with Crippen LogP contribution in [0.25, 0.3) is 65.3 Å². The molecule has 0 heterocycles. The summed E-state index contributed by atoms with van der Waals surface area (Å²) < 4.78 is 0. The third-order valence-electron chi connectivity index (χ3n) is 20.9. The van der Waals surface area contributed by atoms with E-state index in [0.29, 0.717) is 51.5 Å². The highest BCUT2D eigenvalue weighted by atomic mass is 14.3. The van der Waals surface area contributed by atoms with Gasteiger partial charge in [-0.2, -0.15) is 0 Å². The molecule has 0 radical (unpaired) electrons. The molecule has 22 heteroatoms. The minimum atomic E-state index is 0.341. The van der Waals surface area contributed by atoms with Crippen LogP contribution < -0.4 is 21.9 Å². The summed E-state index contributed by atoms with van der Waals surface area (Å²) in [4.78, 5) is 0. The van der Waals surface area contributed by atoms with E-state index in [1.807, 2.05) is 0 Å². The summed E-state index contributed by atoms with van der Waals surface area (Å²) in [7, 11) is 32.3. The normalized spacial score (nSPS) is 11.5. The van der Waals surface area contributed by atoms with E-state index in [1.165, 1.54) is 144 Å². The van der Waals surface area contributed by atoms with Crippen molar-refractivity contribution < 1.29 is 0 Å². The summed E-state index contributed by atoms with van der Waals surface area (Å²) in [5.41, 5.74) is 36.9. The monoisotopic (exact) mass is 933 g/mol. The molecule has 73 heavy (non-hydrogen) atoms. The third-order valence-corrected chi connectivity index (χ3v) is 20.9. The summed E-state index contributed by atoms with van der Waals surface area (Å²) in [5.74, 6) is 0. The SMILES string of the molecule is BBB(B(B)B)c1c(B(B(B)B)B(B)B)c(C)c2c(C)c(C)c(-c3c(C)c(C)c(C)c4c(-c5c(C)c(C)c6c(C)c(C)c(C)c(C)c6c5C)c5c(C)c(C)c(C)c(C)c5cc34)c(B(B)BB)c2c1B(B)B(B)B. The maximum Gasteiger partial charge on any atom is 0.0976 e. The predicted molar refractivity (Wildman–Crippen MR) is 389 cm³/mol. The largest absolute Gasteiger partial charge is 0.112 e. The van der Waals surface area contributed by atoms with Crippen LogP contribution in [0.5, 0.6) is 0 Å². The molecular weight excluding hydrogens is 850 g/mol. The number of fused-ring (bicyclic) bond motifs is 4. The van der Waals surface area contributed by atoms with Crippen LogP contribution >= 0.6 is 0 Å². The van der Waals surface area contributed by atoms with Crippen LogP contribution in [-0.2, 0) is 0 Å². The lowest BCUT2D eigenvalue weighted by atomic mass is 8.70. The lowest BCUT2D eigenvalue weighted by Gasteiger charge is -2.38. The number of rotatable bonds is 12. The number of hydrogen-bond donors (Lipinski definition) is 0. The van der Waals surface area contributed by atoms with Gasteiger partial charge in [0.05, 0.1) is 133 Å². The van der Waals surface area contributed by atoms with Crippen LogP contribution in [0.4, 0.5) is 0 Å². The van der Waals surface area contributed by atoms with Gasteiger partial charge < -0.3 is 0 Å². The van der Waals surface area contributed by atoms with Crippen LogP contribution in [0.1, 0.15) is 94.6 Å². The Morgan fingerprint density at radius 2 is 0.685 bits per heavy atom. The molecule has 7 rings (SSSR count). The van der Waals surface area contributed by atoms with Gasteiger partial charge in [-0.25, -0.2) is 0 Å². The minimum absolute atomic E-state index is 0.341. The molecule has 0 N–H and O–H groups in total. The highest BCUT2D eigenvalue weighted by Gasteiger charge is 2.39. The van der Waals surface area contributed by atoms with E-state index in [9.17, 15) is 0 Å². The summed E-state index contributed by atoms with van der Waals surface area (Å²) in [5, 5.41) is 11.7. The Bertz CT molecular complexity index is 3460. The van der Waals surface area contributed by atoms with Crippen LogP contribution in [0.3, 0.4) is 0 Å². The maximum atomic E-state index is 2.69.